The van der Waals surface area contributed by atoms with Gasteiger partial charge in [0.05, 0.1) is 7.11 Å². The topological polar surface area (TPSA) is 58.6 Å². The van der Waals surface area contributed by atoms with E-state index in [1.54, 1.807) is 37.7 Å². The molecule has 0 aliphatic heterocycles. The fraction of sp³-hybridized carbons (Fsp3) is 0.333. The Balaban J connectivity index is 2.02. The number of amides is 2. The van der Waals surface area contributed by atoms with Crippen LogP contribution in [0.3, 0.4) is 0 Å². The molecule has 150 valence electrons. The van der Waals surface area contributed by atoms with Crippen molar-refractivity contribution in [2.24, 2.45) is 0 Å². The fourth-order valence-corrected chi connectivity index (χ4v) is 3.62. The summed E-state index contributed by atoms with van der Waals surface area (Å²) >= 11 is 7.48. The number of halogens is 1. The highest BCUT2D eigenvalue weighted by atomic mass is 35.5. The molecule has 0 aromatic heterocycles. The standard InChI is InChI=1S/C21H25ClN2O3S/c1-15(21(26)23-2)24(14-16-4-8-18(27-3)9-5-16)20(25)12-13-28-19-10-6-17(22)7-11-19/h4-11,15H,12-14H2,1-3H3,(H,23,26). The molecule has 0 saturated carbocycles. The van der Waals surface area contributed by atoms with Crippen molar-refractivity contribution in [1.82, 2.24) is 10.2 Å². The minimum absolute atomic E-state index is 0.0617. The Labute approximate surface area is 175 Å². The monoisotopic (exact) mass is 420 g/mol. The minimum atomic E-state index is -0.555. The van der Waals surface area contributed by atoms with Gasteiger partial charge in [-0.2, -0.15) is 0 Å². The third kappa shape index (κ3) is 6.46. The van der Waals surface area contributed by atoms with E-state index in [9.17, 15) is 9.59 Å². The van der Waals surface area contributed by atoms with Crippen LogP contribution in [-0.2, 0) is 16.1 Å². The Morgan fingerprint density at radius 1 is 1.14 bits per heavy atom. The first kappa shape index (κ1) is 22.1. The van der Waals surface area contributed by atoms with Gasteiger partial charge in [-0.3, -0.25) is 9.59 Å². The molecule has 0 radical (unpaired) electrons. The van der Waals surface area contributed by atoms with Gasteiger partial charge in [-0.25, -0.2) is 0 Å². The predicted octanol–water partition coefficient (Wildman–Crippen LogP) is 3.99. The zero-order valence-corrected chi connectivity index (χ0v) is 17.8. The zero-order valence-electron chi connectivity index (χ0n) is 16.3. The summed E-state index contributed by atoms with van der Waals surface area (Å²) in [4.78, 5) is 27.7. The van der Waals surface area contributed by atoms with Crippen LogP contribution >= 0.6 is 23.4 Å². The Kier molecular flexibility index (Phi) is 8.67. The SMILES string of the molecule is CNC(=O)C(C)N(Cc1ccc(OC)cc1)C(=O)CCSc1ccc(Cl)cc1. The summed E-state index contributed by atoms with van der Waals surface area (Å²) in [5, 5.41) is 3.31. The first-order valence-corrected chi connectivity index (χ1v) is 10.3. The number of hydrogen-bond donors (Lipinski definition) is 1. The average molecular weight is 421 g/mol. The zero-order chi connectivity index (χ0) is 20.5. The van der Waals surface area contributed by atoms with Crippen LogP contribution < -0.4 is 10.1 Å². The molecule has 2 amide bonds. The maximum Gasteiger partial charge on any atom is 0.242 e. The molecule has 28 heavy (non-hydrogen) atoms. The van der Waals surface area contributed by atoms with E-state index in [1.165, 1.54) is 0 Å². The van der Waals surface area contributed by atoms with Gasteiger partial charge in [-0.05, 0) is 48.9 Å². The van der Waals surface area contributed by atoms with E-state index < -0.39 is 6.04 Å². The molecule has 1 atom stereocenters. The average Bonchev–Trinajstić information content (AvgIpc) is 2.72. The molecule has 7 heteroatoms. The van der Waals surface area contributed by atoms with Gasteiger partial charge < -0.3 is 15.0 Å². The number of hydrogen-bond acceptors (Lipinski definition) is 4. The van der Waals surface area contributed by atoms with Crippen LogP contribution in [-0.4, -0.2) is 42.7 Å². The van der Waals surface area contributed by atoms with Gasteiger partial charge in [0.2, 0.25) is 11.8 Å². The molecule has 0 saturated heterocycles. The molecule has 0 heterocycles. The van der Waals surface area contributed by atoms with E-state index in [0.717, 1.165) is 16.2 Å². The molecule has 0 spiro atoms. The number of nitrogens with zero attached hydrogens (tertiary/aromatic N) is 1. The van der Waals surface area contributed by atoms with Crippen LogP contribution in [0.5, 0.6) is 5.75 Å². The highest BCUT2D eigenvalue weighted by Crippen LogP contribution is 2.22. The smallest absolute Gasteiger partial charge is 0.242 e. The molecule has 0 fully saturated rings. The Morgan fingerprint density at radius 3 is 2.36 bits per heavy atom. The van der Waals surface area contributed by atoms with Crippen molar-refractivity contribution >= 4 is 35.2 Å². The predicted molar refractivity (Wildman–Crippen MR) is 114 cm³/mol. The van der Waals surface area contributed by atoms with Crippen molar-refractivity contribution in [2.45, 2.75) is 30.8 Å². The molecular weight excluding hydrogens is 396 g/mol. The Hall–Kier alpha value is -2.18. The van der Waals surface area contributed by atoms with Crippen LogP contribution in [0, 0.1) is 0 Å². The summed E-state index contributed by atoms with van der Waals surface area (Å²) in [6.07, 6.45) is 0.338. The van der Waals surface area contributed by atoms with E-state index in [0.29, 0.717) is 23.7 Å². The lowest BCUT2D eigenvalue weighted by Crippen LogP contribution is -2.46. The van der Waals surface area contributed by atoms with Crippen molar-refractivity contribution in [3.63, 3.8) is 0 Å². The Morgan fingerprint density at radius 2 is 1.79 bits per heavy atom. The number of carbonyl (C=O) groups is 2. The van der Waals surface area contributed by atoms with Crippen LogP contribution in [0.15, 0.2) is 53.4 Å². The summed E-state index contributed by atoms with van der Waals surface area (Å²) in [5.74, 6) is 1.13. The molecule has 1 unspecified atom stereocenters. The second-order valence-electron chi connectivity index (χ2n) is 6.21. The van der Waals surface area contributed by atoms with Gasteiger partial charge in [-0.1, -0.05) is 23.7 Å². The van der Waals surface area contributed by atoms with E-state index >= 15 is 0 Å². The quantitative estimate of drug-likeness (QED) is 0.623. The number of thioether (sulfide) groups is 1. The summed E-state index contributed by atoms with van der Waals surface area (Å²) in [5.41, 5.74) is 0.940. The third-order valence-electron chi connectivity index (χ3n) is 4.32. The molecule has 2 rings (SSSR count). The normalized spacial score (nSPS) is 11.6. The fourth-order valence-electron chi connectivity index (χ4n) is 2.65. The summed E-state index contributed by atoms with van der Waals surface area (Å²) in [6.45, 7) is 2.11. The Bertz CT molecular complexity index is 781. The van der Waals surface area contributed by atoms with Crippen molar-refractivity contribution in [2.75, 3.05) is 19.9 Å². The molecule has 0 bridgehead atoms. The number of rotatable bonds is 9. The first-order chi connectivity index (χ1) is 13.4. The maximum absolute atomic E-state index is 12.9. The van der Waals surface area contributed by atoms with Crippen molar-refractivity contribution in [3.8, 4) is 5.75 Å². The van der Waals surface area contributed by atoms with Crippen LogP contribution in [0.2, 0.25) is 5.02 Å². The maximum atomic E-state index is 12.9. The number of carbonyl (C=O) groups excluding carboxylic acids is 2. The van der Waals surface area contributed by atoms with E-state index in [4.69, 9.17) is 16.3 Å². The number of likely N-dealkylation sites (N-methyl/N-ethyl adjacent to an activating group) is 1. The van der Waals surface area contributed by atoms with Crippen molar-refractivity contribution in [3.05, 3.63) is 59.1 Å². The molecule has 0 aliphatic rings. The highest BCUT2D eigenvalue weighted by molar-refractivity contribution is 7.99. The molecule has 0 aliphatic carbocycles. The molecule has 2 aromatic rings. The molecule has 2 aromatic carbocycles. The number of ether oxygens (including phenoxy) is 1. The molecular formula is C21H25ClN2O3S. The van der Waals surface area contributed by atoms with Gasteiger partial charge >= 0.3 is 0 Å². The number of nitrogens with one attached hydrogen (secondary N) is 1. The highest BCUT2D eigenvalue weighted by Gasteiger charge is 2.25. The lowest BCUT2D eigenvalue weighted by molar-refractivity contribution is -0.140. The van der Waals surface area contributed by atoms with E-state index in [2.05, 4.69) is 5.32 Å². The van der Waals surface area contributed by atoms with Crippen LogP contribution in [0.1, 0.15) is 18.9 Å². The van der Waals surface area contributed by atoms with E-state index in [-0.39, 0.29) is 11.8 Å². The van der Waals surface area contributed by atoms with Gasteiger partial charge in [0.1, 0.15) is 11.8 Å². The van der Waals surface area contributed by atoms with Gasteiger partial charge in [0.25, 0.3) is 0 Å². The van der Waals surface area contributed by atoms with Crippen molar-refractivity contribution in [1.29, 1.82) is 0 Å². The summed E-state index contributed by atoms with van der Waals surface area (Å²) < 4.78 is 5.17. The lowest BCUT2D eigenvalue weighted by atomic mass is 10.1. The molecule has 5 nitrogen and oxygen atoms in total. The third-order valence-corrected chi connectivity index (χ3v) is 5.59. The molecule has 1 N–H and O–H groups in total. The first-order valence-electron chi connectivity index (χ1n) is 8.97. The van der Waals surface area contributed by atoms with Gasteiger partial charge in [-0.15, -0.1) is 11.8 Å². The van der Waals surface area contributed by atoms with Gasteiger partial charge in [0, 0.05) is 35.7 Å². The number of benzene rings is 2. The van der Waals surface area contributed by atoms with Crippen molar-refractivity contribution < 1.29 is 14.3 Å². The van der Waals surface area contributed by atoms with Crippen LogP contribution in [0.4, 0.5) is 0 Å². The van der Waals surface area contributed by atoms with E-state index in [1.807, 2.05) is 48.5 Å². The second kappa shape index (κ2) is 11.0. The summed E-state index contributed by atoms with van der Waals surface area (Å²) in [6, 6.07) is 14.5. The van der Waals surface area contributed by atoms with Gasteiger partial charge in [0.15, 0.2) is 0 Å². The minimum Gasteiger partial charge on any atom is -0.497 e. The van der Waals surface area contributed by atoms with Crippen LogP contribution in [0.25, 0.3) is 0 Å². The largest absolute Gasteiger partial charge is 0.497 e. The second-order valence-corrected chi connectivity index (χ2v) is 7.82. The summed E-state index contributed by atoms with van der Waals surface area (Å²) in [7, 11) is 3.18. The number of methoxy groups -OCH3 is 1. The lowest BCUT2D eigenvalue weighted by Gasteiger charge is -2.28.